The van der Waals surface area contributed by atoms with E-state index in [1.807, 2.05) is 26.8 Å². The standard InChI is InChI=1S/C17H24O4/c1-17(2,3)13-9-15(21-4)12(7-14(13)18)11(8-16(19)20)10-5-6-10/h7,9-11,18H,5-6,8H2,1-4H3,(H,19,20). The lowest BCUT2D eigenvalue weighted by Gasteiger charge is -2.25. The largest absolute Gasteiger partial charge is 0.508 e. The van der Waals surface area contributed by atoms with Gasteiger partial charge in [-0.3, -0.25) is 4.79 Å². The van der Waals surface area contributed by atoms with E-state index in [1.165, 1.54) is 0 Å². The minimum Gasteiger partial charge on any atom is -0.508 e. The van der Waals surface area contributed by atoms with E-state index in [1.54, 1.807) is 13.2 Å². The number of benzene rings is 1. The predicted octanol–water partition coefficient (Wildman–Crippen LogP) is 3.67. The molecule has 1 aliphatic carbocycles. The van der Waals surface area contributed by atoms with Gasteiger partial charge in [-0.1, -0.05) is 20.8 Å². The Bertz CT molecular complexity index is 538. The van der Waals surface area contributed by atoms with E-state index < -0.39 is 5.97 Å². The van der Waals surface area contributed by atoms with Crippen LogP contribution in [0.25, 0.3) is 0 Å². The normalized spacial score (nSPS) is 16.6. The van der Waals surface area contributed by atoms with E-state index in [0.29, 0.717) is 11.7 Å². The average molecular weight is 292 g/mol. The van der Waals surface area contributed by atoms with Gasteiger partial charge in [-0.15, -0.1) is 0 Å². The summed E-state index contributed by atoms with van der Waals surface area (Å²) in [6.07, 6.45) is 2.17. The molecule has 1 atom stereocenters. The second-order valence-corrected chi connectivity index (χ2v) is 6.90. The molecule has 21 heavy (non-hydrogen) atoms. The van der Waals surface area contributed by atoms with Crippen LogP contribution in [0.4, 0.5) is 0 Å². The fourth-order valence-corrected chi connectivity index (χ4v) is 2.87. The number of ether oxygens (including phenoxy) is 1. The van der Waals surface area contributed by atoms with Gasteiger partial charge in [0.2, 0.25) is 0 Å². The molecule has 116 valence electrons. The van der Waals surface area contributed by atoms with Crippen molar-refractivity contribution in [3.63, 3.8) is 0 Å². The second kappa shape index (κ2) is 5.58. The average Bonchev–Trinajstić information content (AvgIpc) is 3.18. The van der Waals surface area contributed by atoms with Gasteiger partial charge in [0.25, 0.3) is 0 Å². The summed E-state index contributed by atoms with van der Waals surface area (Å²) in [6, 6.07) is 3.55. The van der Waals surface area contributed by atoms with Crippen LogP contribution in [0.1, 0.15) is 57.1 Å². The van der Waals surface area contributed by atoms with Gasteiger partial charge in [-0.2, -0.15) is 0 Å². The molecule has 0 saturated heterocycles. The van der Waals surface area contributed by atoms with Crippen molar-refractivity contribution >= 4 is 5.97 Å². The summed E-state index contributed by atoms with van der Waals surface area (Å²) in [4.78, 5) is 11.1. The molecule has 4 heteroatoms. The van der Waals surface area contributed by atoms with Gasteiger partial charge in [0.05, 0.1) is 13.5 Å². The maximum Gasteiger partial charge on any atom is 0.303 e. The molecule has 0 heterocycles. The lowest BCUT2D eigenvalue weighted by atomic mass is 9.82. The van der Waals surface area contributed by atoms with Crippen LogP contribution in [0.15, 0.2) is 12.1 Å². The third kappa shape index (κ3) is 3.49. The Kier molecular flexibility index (Phi) is 4.17. The maximum absolute atomic E-state index is 11.1. The molecule has 0 aliphatic heterocycles. The molecule has 0 spiro atoms. The topological polar surface area (TPSA) is 66.8 Å². The Balaban J connectivity index is 2.47. The van der Waals surface area contributed by atoms with Crippen LogP contribution in [0.5, 0.6) is 11.5 Å². The summed E-state index contributed by atoms with van der Waals surface area (Å²) >= 11 is 0. The van der Waals surface area contributed by atoms with Gasteiger partial charge in [-0.25, -0.2) is 0 Å². The third-order valence-corrected chi connectivity index (χ3v) is 4.14. The van der Waals surface area contributed by atoms with E-state index in [4.69, 9.17) is 9.84 Å². The van der Waals surface area contributed by atoms with Crippen LogP contribution in [0, 0.1) is 5.92 Å². The van der Waals surface area contributed by atoms with Crippen LogP contribution in [0.2, 0.25) is 0 Å². The minimum absolute atomic E-state index is 0.0787. The monoisotopic (exact) mass is 292 g/mol. The second-order valence-electron chi connectivity index (χ2n) is 6.90. The number of carbonyl (C=O) groups is 1. The molecule has 1 saturated carbocycles. The van der Waals surface area contributed by atoms with Crippen molar-refractivity contribution in [2.45, 2.75) is 51.4 Å². The van der Waals surface area contributed by atoms with Crippen LogP contribution >= 0.6 is 0 Å². The quantitative estimate of drug-likeness (QED) is 0.869. The Morgan fingerprint density at radius 2 is 2.00 bits per heavy atom. The van der Waals surface area contributed by atoms with Gasteiger partial charge in [0.15, 0.2) is 0 Å². The van der Waals surface area contributed by atoms with Crippen LogP contribution < -0.4 is 4.74 Å². The van der Waals surface area contributed by atoms with Crippen molar-refractivity contribution < 1.29 is 19.7 Å². The number of methoxy groups -OCH3 is 1. The zero-order valence-electron chi connectivity index (χ0n) is 13.1. The van der Waals surface area contributed by atoms with Gasteiger partial charge >= 0.3 is 5.97 Å². The highest BCUT2D eigenvalue weighted by Gasteiger charge is 2.36. The summed E-state index contributed by atoms with van der Waals surface area (Å²) in [5.74, 6) is 0.380. The molecular formula is C17H24O4. The van der Waals surface area contributed by atoms with Gasteiger partial charge < -0.3 is 14.9 Å². The number of rotatable bonds is 5. The minimum atomic E-state index is -0.812. The Hall–Kier alpha value is -1.71. The third-order valence-electron chi connectivity index (χ3n) is 4.14. The Labute approximate surface area is 125 Å². The highest BCUT2D eigenvalue weighted by atomic mass is 16.5. The summed E-state index contributed by atoms with van der Waals surface area (Å²) < 4.78 is 5.47. The molecule has 0 bridgehead atoms. The highest BCUT2D eigenvalue weighted by molar-refractivity contribution is 5.69. The number of phenolic OH excluding ortho intramolecular Hbond substituents is 1. The van der Waals surface area contributed by atoms with E-state index in [0.717, 1.165) is 24.0 Å². The van der Waals surface area contributed by atoms with Gasteiger partial charge in [-0.05, 0) is 36.3 Å². The number of hydrogen-bond donors (Lipinski definition) is 2. The van der Waals surface area contributed by atoms with Gasteiger partial charge in [0.1, 0.15) is 11.5 Å². The van der Waals surface area contributed by atoms with E-state index in [-0.39, 0.29) is 23.5 Å². The van der Waals surface area contributed by atoms with Crippen molar-refractivity contribution in [2.75, 3.05) is 7.11 Å². The van der Waals surface area contributed by atoms with Crippen LogP contribution in [0.3, 0.4) is 0 Å². The smallest absolute Gasteiger partial charge is 0.303 e. The number of hydrogen-bond acceptors (Lipinski definition) is 3. The zero-order valence-corrected chi connectivity index (χ0v) is 13.1. The maximum atomic E-state index is 11.1. The molecular weight excluding hydrogens is 268 g/mol. The first-order valence-corrected chi connectivity index (χ1v) is 7.37. The van der Waals surface area contributed by atoms with E-state index in [2.05, 4.69) is 0 Å². The van der Waals surface area contributed by atoms with Crippen molar-refractivity contribution in [3.8, 4) is 11.5 Å². The number of phenols is 1. The molecule has 2 rings (SSSR count). The first kappa shape index (κ1) is 15.7. The number of carboxylic acid groups (broad SMARTS) is 1. The molecule has 0 amide bonds. The molecule has 2 N–H and O–H groups in total. The number of aromatic hydroxyl groups is 1. The lowest BCUT2D eigenvalue weighted by molar-refractivity contribution is -0.137. The first-order valence-electron chi connectivity index (χ1n) is 7.37. The molecule has 1 aliphatic rings. The summed E-state index contributed by atoms with van der Waals surface area (Å²) in [5, 5.41) is 19.5. The first-order chi connectivity index (χ1) is 9.74. The summed E-state index contributed by atoms with van der Waals surface area (Å²) in [6.45, 7) is 6.07. The fourth-order valence-electron chi connectivity index (χ4n) is 2.87. The molecule has 0 aromatic heterocycles. The molecule has 1 aromatic rings. The van der Waals surface area contributed by atoms with E-state index >= 15 is 0 Å². The molecule has 1 fully saturated rings. The van der Waals surface area contributed by atoms with Crippen molar-refractivity contribution in [3.05, 3.63) is 23.3 Å². The Morgan fingerprint density at radius 3 is 2.43 bits per heavy atom. The molecule has 0 radical (unpaired) electrons. The SMILES string of the molecule is COc1cc(C(C)(C)C)c(O)cc1C(CC(=O)O)C1CC1. The number of carboxylic acids is 1. The lowest BCUT2D eigenvalue weighted by Crippen LogP contribution is -2.14. The van der Waals surface area contributed by atoms with Crippen molar-refractivity contribution in [2.24, 2.45) is 5.92 Å². The fraction of sp³-hybridized carbons (Fsp3) is 0.588. The molecule has 1 unspecified atom stereocenters. The summed E-state index contributed by atoms with van der Waals surface area (Å²) in [5.41, 5.74) is 1.43. The number of aliphatic carboxylic acids is 1. The van der Waals surface area contributed by atoms with Gasteiger partial charge in [0, 0.05) is 17.0 Å². The zero-order chi connectivity index (χ0) is 15.8. The highest BCUT2D eigenvalue weighted by Crippen LogP contribution is 2.49. The van der Waals surface area contributed by atoms with E-state index in [9.17, 15) is 9.90 Å². The van der Waals surface area contributed by atoms with Crippen molar-refractivity contribution in [1.82, 2.24) is 0 Å². The van der Waals surface area contributed by atoms with Crippen molar-refractivity contribution in [1.29, 1.82) is 0 Å². The molecule has 4 nitrogen and oxygen atoms in total. The predicted molar refractivity (Wildman–Crippen MR) is 81.1 cm³/mol. The Morgan fingerprint density at radius 1 is 1.38 bits per heavy atom. The molecule has 1 aromatic carbocycles. The van der Waals surface area contributed by atoms with Crippen LogP contribution in [-0.4, -0.2) is 23.3 Å². The summed E-state index contributed by atoms with van der Waals surface area (Å²) in [7, 11) is 1.59. The van der Waals surface area contributed by atoms with Crippen LogP contribution in [-0.2, 0) is 10.2 Å².